The third-order valence-electron chi connectivity index (χ3n) is 4.16. The predicted molar refractivity (Wildman–Crippen MR) is 62.8 cm³/mol. The van der Waals surface area contributed by atoms with Crippen molar-refractivity contribution in [2.75, 3.05) is 6.54 Å². The number of rotatable bonds is 4. The van der Waals surface area contributed by atoms with E-state index in [1.807, 2.05) is 0 Å². The van der Waals surface area contributed by atoms with E-state index in [0.717, 1.165) is 18.9 Å². The maximum atomic E-state index is 9.66. The van der Waals surface area contributed by atoms with Gasteiger partial charge in [-0.05, 0) is 38.1 Å². The quantitative estimate of drug-likeness (QED) is 0.748. The van der Waals surface area contributed by atoms with Gasteiger partial charge < -0.3 is 10.4 Å². The van der Waals surface area contributed by atoms with Crippen molar-refractivity contribution in [2.45, 2.75) is 69.9 Å². The summed E-state index contributed by atoms with van der Waals surface area (Å²) in [5.41, 5.74) is 0. The van der Waals surface area contributed by atoms with Crippen molar-refractivity contribution in [3.63, 3.8) is 0 Å². The molecule has 0 aliphatic heterocycles. The molecule has 0 saturated heterocycles. The van der Waals surface area contributed by atoms with Crippen LogP contribution >= 0.6 is 0 Å². The first-order valence-corrected chi connectivity index (χ1v) is 6.78. The van der Waals surface area contributed by atoms with Gasteiger partial charge in [0.25, 0.3) is 0 Å². The lowest BCUT2D eigenvalue weighted by atomic mass is 9.87. The first-order chi connectivity index (χ1) is 7.36. The van der Waals surface area contributed by atoms with Crippen molar-refractivity contribution in [3.05, 3.63) is 0 Å². The van der Waals surface area contributed by atoms with E-state index in [1.54, 1.807) is 0 Å². The fourth-order valence-corrected chi connectivity index (χ4v) is 3.13. The second kappa shape index (κ2) is 5.86. The lowest BCUT2D eigenvalue weighted by Crippen LogP contribution is -2.36. The summed E-state index contributed by atoms with van der Waals surface area (Å²) in [6, 6.07) is 0.397. The summed E-state index contributed by atoms with van der Waals surface area (Å²) in [4.78, 5) is 0. The van der Waals surface area contributed by atoms with Crippen molar-refractivity contribution >= 4 is 0 Å². The Bertz CT molecular complexity index is 177. The maximum Gasteiger partial charge on any atom is 0.0693 e. The fraction of sp³-hybridized carbons (Fsp3) is 1.00. The highest BCUT2D eigenvalue weighted by Crippen LogP contribution is 2.26. The van der Waals surface area contributed by atoms with Gasteiger partial charge in [-0.3, -0.25) is 0 Å². The minimum atomic E-state index is -0.0728. The zero-order chi connectivity index (χ0) is 10.5. The highest BCUT2D eigenvalue weighted by Gasteiger charge is 2.24. The number of hydrogen-bond acceptors (Lipinski definition) is 2. The summed E-state index contributed by atoms with van der Waals surface area (Å²) in [6.45, 7) is 1.12. The summed E-state index contributed by atoms with van der Waals surface area (Å²) in [7, 11) is 0. The van der Waals surface area contributed by atoms with E-state index >= 15 is 0 Å². The smallest absolute Gasteiger partial charge is 0.0693 e. The number of hydrogen-bond donors (Lipinski definition) is 2. The van der Waals surface area contributed by atoms with Crippen LogP contribution in [-0.4, -0.2) is 23.8 Å². The van der Waals surface area contributed by atoms with Gasteiger partial charge in [0.2, 0.25) is 0 Å². The van der Waals surface area contributed by atoms with Gasteiger partial charge in [-0.2, -0.15) is 0 Å². The minimum Gasteiger partial charge on any atom is -0.392 e. The normalized spacial score (nSPS) is 33.4. The van der Waals surface area contributed by atoms with Crippen molar-refractivity contribution in [2.24, 2.45) is 5.92 Å². The van der Waals surface area contributed by atoms with Crippen LogP contribution in [0.3, 0.4) is 0 Å². The van der Waals surface area contributed by atoms with E-state index in [1.165, 1.54) is 51.4 Å². The molecule has 2 N–H and O–H groups in total. The SMILES string of the molecule is OC1CCCC1NCCC1CCCCC1. The van der Waals surface area contributed by atoms with Crippen molar-refractivity contribution in [3.8, 4) is 0 Å². The Kier molecular flexibility index (Phi) is 4.45. The lowest BCUT2D eigenvalue weighted by molar-refractivity contribution is 0.147. The molecule has 2 aliphatic carbocycles. The van der Waals surface area contributed by atoms with E-state index in [-0.39, 0.29) is 6.10 Å². The third kappa shape index (κ3) is 3.46. The molecule has 0 spiro atoms. The fourth-order valence-electron chi connectivity index (χ4n) is 3.13. The van der Waals surface area contributed by atoms with Gasteiger partial charge in [-0.25, -0.2) is 0 Å². The molecule has 2 rings (SSSR count). The van der Waals surface area contributed by atoms with Gasteiger partial charge in [0.15, 0.2) is 0 Å². The first kappa shape index (κ1) is 11.4. The van der Waals surface area contributed by atoms with Gasteiger partial charge in [-0.1, -0.05) is 32.1 Å². The Morgan fingerprint density at radius 1 is 0.933 bits per heavy atom. The van der Waals surface area contributed by atoms with Crippen LogP contribution in [0.25, 0.3) is 0 Å². The molecule has 0 amide bonds. The van der Waals surface area contributed by atoms with Crippen LogP contribution in [0.15, 0.2) is 0 Å². The summed E-state index contributed by atoms with van der Waals surface area (Å²) >= 11 is 0. The van der Waals surface area contributed by atoms with Crippen LogP contribution < -0.4 is 5.32 Å². The predicted octanol–water partition coefficient (Wildman–Crippen LogP) is 2.46. The molecule has 2 aliphatic rings. The van der Waals surface area contributed by atoms with Crippen LogP contribution in [0.1, 0.15) is 57.8 Å². The van der Waals surface area contributed by atoms with Crippen molar-refractivity contribution in [1.29, 1.82) is 0 Å². The summed E-state index contributed by atoms with van der Waals surface area (Å²) in [5.74, 6) is 0.963. The average Bonchev–Trinajstić information content (AvgIpc) is 2.66. The van der Waals surface area contributed by atoms with E-state index in [9.17, 15) is 5.11 Å². The third-order valence-corrected chi connectivity index (χ3v) is 4.16. The monoisotopic (exact) mass is 211 g/mol. The van der Waals surface area contributed by atoms with E-state index in [0.29, 0.717) is 6.04 Å². The molecular formula is C13H25NO. The van der Waals surface area contributed by atoms with Crippen LogP contribution in [0.2, 0.25) is 0 Å². The van der Waals surface area contributed by atoms with Gasteiger partial charge in [0.1, 0.15) is 0 Å². The molecule has 2 saturated carbocycles. The Morgan fingerprint density at radius 2 is 1.73 bits per heavy atom. The van der Waals surface area contributed by atoms with Crippen molar-refractivity contribution < 1.29 is 5.11 Å². The van der Waals surface area contributed by atoms with Gasteiger partial charge >= 0.3 is 0 Å². The molecule has 2 nitrogen and oxygen atoms in total. The number of nitrogens with one attached hydrogen (secondary N) is 1. The number of aliphatic hydroxyl groups is 1. The standard InChI is InChI=1S/C13H25NO/c15-13-8-4-7-12(13)14-10-9-11-5-2-1-3-6-11/h11-15H,1-10H2. The summed E-state index contributed by atoms with van der Waals surface area (Å²) < 4.78 is 0. The topological polar surface area (TPSA) is 32.3 Å². The average molecular weight is 211 g/mol. The second-order valence-electron chi connectivity index (χ2n) is 5.35. The molecule has 15 heavy (non-hydrogen) atoms. The molecule has 88 valence electrons. The zero-order valence-corrected chi connectivity index (χ0v) is 9.75. The summed E-state index contributed by atoms with van der Waals surface area (Å²) in [5, 5.41) is 13.2. The van der Waals surface area contributed by atoms with Crippen LogP contribution in [-0.2, 0) is 0 Å². The highest BCUT2D eigenvalue weighted by atomic mass is 16.3. The van der Waals surface area contributed by atoms with Gasteiger partial charge in [0, 0.05) is 6.04 Å². The minimum absolute atomic E-state index is 0.0728. The molecule has 0 aromatic heterocycles. The second-order valence-corrected chi connectivity index (χ2v) is 5.35. The molecule has 0 aromatic rings. The zero-order valence-electron chi connectivity index (χ0n) is 9.75. The molecule has 2 heteroatoms. The molecule has 2 atom stereocenters. The molecule has 0 radical (unpaired) electrons. The number of aliphatic hydroxyl groups excluding tert-OH is 1. The Morgan fingerprint density at radius 3 is 2.40 bits per heavy atom. The molecule has 0 heterocycles. The van der Waals surface area contributed by atoms with E-state index in [2.05, 4.69) is 5.32 Å². The van der Waals surface area contributed by atoms with E-state index < -0.39 is 0 Å². The largest absolute Gasteiger partial charge is 0.392 e. The van der Waals surface area contributed by atoms with Gasteiger partial charge in [-0.15, -0.1) is 0 Å². The molecule has 0 aromatic carbocycles. The molecule has 2 fully saturated rings. The first-order valence-electron chi connectivity index (χ1n) is 6.78. The Labute approximate surface area is 93.5 Å². The summed E-state index contributed by atoms with van der Waals surface area (Å²) in [6.07, 6.45) is 11.8. The van der Waals surface area contributed by atoms with Crippen LogP contribution in [0.5, 0.6) is 0 Å². The molecule has 2 unspecified atom stereocenters. The lowest BCUT2D eigenvalue weighted by Gasteiger charge is -2.23. The Balaban J connectivity index is 1.57. The van der Waals surface area contributed by atoms with Crippen LogP contribution in [0, 0.1) is 5.92 Å². The van der Waals surface area contributed by atoms with Gasteiger partial charge in [0.05, 0.1) is 6.10 Å². The Hall–Kier alpha value is -0.0800. The van der Waals surface area contributed by atoms with E-state index in [4.69, 9.17) is 0 Å². The maximum absolute atomic E-state index is 9.66. The molecular weight excluding hydrogens is 186 g/mol. The van der Waals surface area contributed by atoms with Crippen molar-refractivity contribution in [1.82, 2.24) is 5.32 Å². The van der Waals surface area contributed by atoms with Crippen LogP contribution in [0.4, 0.5) is 0 Å². The molecule has 0 bridgehead atoms. The highest BCUT2D eigenvalue weighted by molar-refractivity contribution is 4.82.